The molecule has 1 aliphatic rings. The molecule has 0 aromatic carbocycles. The van der Waals surface area contributed by atoms with Gasteiger partial charge in [-0.05, 0) is 26.3 Å². The van der Waals surface area contributed by atoms with E-state index in [-0.39, 0.29) is 23.4 Å². The Morgan fingerprint density at radius 2 is 1.90 bits per heavy atom. The molecule has 0 bridgehead atoms. The zero-order chi connectivity index (χ0) is 15.9. The highest BCUT2D eigenvalue weighted by Crippen LogP contribution is 2.21. The first kappa shape index (κ1) is 14.8. The van der Waals surface area contributed by atoms with Gasteiger partial charge in [-0.15, -0.1) is 0 Å². The number of aromatic amines is 1. The summed E-state index contributed by atoms with van der Waals surface area (Å²) in [6.07, 6.45) is 0. The van der Waals surface area contributed by atoms with Crippen LogP contribution in [0.5, 0.6) is 0 Å². The van der Waals surface area contributed by atoms with Crippen LogP contribution in [0.25, 0.3) is 0 Å². The molecular formula is C13H15N3O5. The zero-order valence-corrected chi connectivity index (χ0v) is 11.8. The average Bonchev–Trinajstić information content (AvgIpc) is 2.68. The Balaban J connectivity index is 2.42. The zero-order valence-electron chi connectivity index (χ0n) is 11.8. The lowest BCUT2D eigenvalue weighted by Crippen LogP contribution is -2.58. The second kappa shape index (κ2) is 5.04. The Kier molecular flexibility index (Phi) is 3.54. The standard InChI is InChI=1S/C13H15N3O5/c1-5-9(6(2)14-10(5)13(20)21)12(19)16-4-8(17)15-11(18)7(16)3/h7,14H,4H2,1-3H3,(H,20,21)(H,15,17,18). The van der Waals surface area contributed by atoms with Gasteiger partial charge in [0.15, 0.2) is 0 Å². The van der Waals surface area contributed by atoms with Gasteiger partial charge in [0.25, 0.3) is 5.91 Å². The summed E-state index contributed by atoms with van der Waals surface area (Å²) in [6.45, 7) is 4.35. The maximum atomic E-state index is 12.6. The lowest BCUT2D eigenvalue weighted by atomic mass is 10.1. The Morgan fingerprint density at radius 3 is 2.43 bits per heavy atom. The van der Waals surface area contributed by atoms with Gasteiger partial charge in [-0.25, -0.2) is 4.79 Å². The summed E-state index contributed by atoms with van der Waals surface area (Å²) in [4.78, 5) is 50.4. The van der Waals surface area contributed by atoms with Crippen LogP contribution in [0.3, 0.4) is 0 Å². The maximum Gasteiger partial charge on any atom is 0.352 e. The number of carboxylic acids is 1. The van der Waals surface area contributed by atoms with Crippen molar-refractivity contribution in [2.75, 3.05) is 6.54 Å². The Bertz CT molecular complexity index is 661. The molecule has 8 nitrogen and oxygen atoms in total. The number of hydrogen-bond acceptors (Lipinski definition) is 4. The summed E-state index contributed by atoms with van der Waals surface area (Å²) in [5.41, 5.74) is 0.786. The molecule has 2 heterocycles. The van der Waals surface area contributed by atoms with Crippen molar-refractivity contribution in [1.82, 2.24) is 15.2 Å². The second-order valence-electron chi connectivity index (χ2n) is 4.95. The third-order valence-electron chi connectivity index (χ3n) is 3.55. The minimum atomic E-state index is -1.17. The number of aromatic nitrogens is 1. The number of H-pyrrole nitrogens is 1. The molecule has 0 saturated carbocycles. The van der Waals surface area contributed by atoms with Gasteiger partial charge in [0.2, 0.25) is 11.8 Å². The van der Waals surface area contributed by atoms with Gasteiger partial charge < -0.3 is 15.0 Å². The molecule has 8 heteroatoms. The average molecular weight is 293 g/mol. The van der Waals surface area contributed by atoms with E-state index in [9.17, 15) is 19.2 Å². The fourth-order valence-electron chi connectivity index (χ4n) is 2.39. The number of amides is 3. The van der Waals surface area contributed by atoms with E-state index in [4.69, 9.17) is 5.11 Å². The number of carbonyl (C=O) groups excluding carboxylic acids is 3. The second-order valence-corrected chi connectivity index (χ2v) is 4.95. The van der Waals surface area contributed by atoms with Gasteiger partial charge in [0.1, 0.15) is 18.3 Å². The fourth-order valence-corrected chi connectivity index (χ4v) is 2.39. The highest BCUT2D eigenvalue weighted by Gasteiger charge is 2.36. The lowest BCUT2D eigenvalue weighted by Gasteiger charge is -2.31. The van der Waals surface area contributed by atoms with Crippen LogP contribution in [-0.2, 0) is 9.59 Å². The van der Waals surface area contributed by atoms with Gasteiger partial charge in [-0.3, -0.25) is 19.7 Å². The molecule has 1 fully saturated rings. The summed E-state index contributed by atoms with van der Waals surface area (Å²) in [7, 11) is 0. The predicted octanol–water partition coefficient (Wildman–Crippen LogP) is -0.183. The lowest BCUT2D eigenvalue weighted by molar-refractivity contribution is -0.138. The number of carbonyl (C=O) groups is 4. The van der Waals surface area contributed by atoms with Gasteiger partial charge in [0, 0.05) is 5.69 Å². The van der Waals surface area contributed by atoms with Crippen molar-refractivity contribution >= 4 is 23.7 Å². The number of carboxylic acid groups (broad SMARTS) is 1. The van der Waals surface area contributed by atoms with Crippen LogP contribution in [0.2, 0.25) is 0 Å². The number of nitrogens with zero attached hydrogens (tertiary/aromatic N) is 1. The summed E-state index contributed by atoms with van der Waals surface area (Å²) in [5.74, 6) is -2.82. The van der Waals surface area contributed by atoms with E-state index in [1.54, 1.807) is 6.92 Å². The van der Waals surface area contributed by atoms with Crippen molar-refractivity contribution in [2.45, 2.75) is 26.8 Å². The molecule has 0 aliphatic carbocycles. The molecular weight excluding hydrogens is 278 g/mol. The molecule has 1 aliphatic heterocycles. The van der Waals surface area contributed by atoms with E-state index in [0.29, 0.717) is 5.69 Å². The van der Waals surface area contributed by atoms with E-state index >= 15 is 0 Å². The summed E-state index contributed by atoms with van der Waals surface area (Å²) >= 11 is 0. The van der Waals surface area contributed by atoms with Crippen LogP contribution < -0.4 is 5.32 Å². The van der Waals surface area contributed by atoms with Gasteiger partial charge in [-0.1, -0.05) is 0 Å². The predicted molar refractivity (Wildman–Crippen MR) is 70.9 cm³/mol. The van der Waals surface area contributed by atoms with E-state index in [1.165, 1.54) is 13.8 Å². The minimum Gasteiger partial charge on any atom is -0.477 e. The third-order valence-corrected chi connectivity index (χ3v) is 3.55. The molecule has 1 saturated heterocycles. The van der Waals surface area contributed by atoms with E-state index in [1.807, 2.05) is 0 Å². The normalized spacial score (nSPS) is 18.6. The molecule has 3 amide bonds. The van der Waals surface area contributed by atoms with E-state index in [0.717, 1.165) is 4.90 Å². The molecule has 0 spiro atoms. The van der Waals surface area contributed by atoms with Crippen molar-refractivity contribution in [2.24, 2.45) is 0 Å². The number of imide groups is 1. The number of hydrogen-bond donors (Lipinski definition) is 3. The van der Waals surface area contributed by atoms with E-state index in [2.05, 4.69) is 10.3 Å². The summed E-state index contributed by atoms with van der Waals surface area (Å²) < 4.78 is 0. The third kappa shape index (κ3) is 2.39. The van der Waals surface area contributed by atoms with Crippen LogP contribution in [0.1, 0.15) is 39.0 Å². The Labute approximate surface area is 120 Å². The van der Waals surface area contributed by atoms with E-state index < -0.39 is 29.7 Å². The molecule has 3 N–H and O–H groups in total. The number of aromatic carboxylic acids is 1. The smallest absolute Gasteiger partial charge is 0.352 e. The monoisotopic (exact) mass is 293 g/mol. The first-order valence-electron chi connectivity index (χ1n) is 6.31. The summed E-state index contributed by atoms with van der Waals surface area (Å²) in [5, 5.41) is 11.2. The van der Waals surface area contributed by atoms with Gasteiger partial charge >= 0.3 is 5.97 Å². The maximum absolute atomic E-state index is 12.6. The number of aryl methyl sites for hydroxylation is 1. The molecule has 1 aromatic heterocycles. The first-order valence-corrected chi connectivity index (χ1v) is 6.31. The van der Waals surface area contributed by atoms with Gasteiger partial charge in [-0.2, -0.15) is 0 Å². The largest absolute Gasteiger partial charge is 0.477 e. The van der Waals surface area contributed by atoms with Crippen molar-refractivity contribution in [3.05, 3.63) is 22.5 Å². The molecule has 1 atom stereocenters. The topological polar surface area (TPSA) is 120 Å². The minimum absolute atomic E-state index is 0.0729. The summed E-state index contributed by atoms with van der Waals surface area (Å²) in [6, 6.07) is -0.794. The quantitative estimate of drug-likeness (QED) is 0.653. The Hall–Kier alpha value is -2.64. The van der Waals surface area contributed by atoms with Crippen molar-refractivity contribution in [1.29, 1.82) is 0 Å². The molecule has 112 valence electrons. The highest BCUT2D eigenvalue weighted by atomic mass is 16.4. The van der Waals surface area contributed by atoms with Crippen molar-refractivity contribution in [3.63, 3.8) is 0 Å². The van der Waals surface area contributed by atoms with Crippen LogP contribution in [-0.4, -0.2) is 51.3 Å². The molecule has 0 radical (unpaired) electrons. The van der Waals surface area contributed by atoms with Crippen molar-refractivity contribution < 1.29 is 24.3 Å². The number of piperazine rings is 1. The number of nitrogens with one attached hydrogen (secondary N) is 2. The molecule has 2 rings (SSSR count). The van der Waals surface area contributed by atoms with Gasteiger partial charge in [0.05, 0.1) is 5.56 Å². The fraction of sp³-hybridized carbons (Fsp3) is 0.385. The molecule has 1 aromatic rings. The first-order chi connectivity index (χ1) is 9.73. The van der Waals surface area contributed by atoms with Crippen LogP contribution in [0.15, 0.2) is 0 Å². The van der Waals surface area contributed by atoms with Crippen molar-refractivity contribution in [3.8, 4) is 0 Å². The molecule has 21 heavy (non-hydrogen) atoms. The number of rotatable bonds is 2. The molecule has 1 unspecified atom stereocenters. The Morgan fingerprint density at radius 1 is 1.29 bits per heavy atom. The van der Waals surface area contributed by atoms with Crippen LogP contribution >= 0.6 is 0 Å². The van der Waals surface area contributed by atoms with Crippen LogP contribution in [0, 0.1) is 13.8 Å². The van der Waals surface area contributed by atoms with Crippen LogP contribution in [0.4, 0.5) is 0 Å². The highest BCUT2D eigenvalue weighted by molar-refractivity contribution is 6.08. The SMILES string of the molecule is Cc1[nH]c(C(=O)O)c(C)c1C(=O)N1CC(=O)NC(=O)C1C.